The molecule has 21 heavy (non-hydrogen) atoms. The number of halogens is 2. The molecule has 2 aromatic rings. The molecule has 0 aromatic heterocycles. The SMILES string of the molecule is COc1ccc(F)c(NCC2Cc3cc(F)ccc3O2)c1. The summed E-state index contributed by atoms with van der Waals surface area (Å²) in [6.07, 6.45) is 0.457. The topological polar surface area (TPSA) is 30.5 Å². The lowest BCUT2D eigenvalue weighted by atomic mass is 10.1. The maximum absolute atomic E-state index is 13.7. The predicted molar refractivity (Wildman–Crippen MR) is 76.0 cm³/mol. The molecule has 1 aliphatic rings. The maximum atomic E-state index is 13.7. The van der Waals surface area contributed by atoms with Gasteiger partial charge in [0.15, 0.2) is 0 Å². The second-order valence-corrected chi connectivity index (χ2v) is 4.92. The van der Waals surface area contributed by atoms with Gasteiger partial charge in [0, 0.05) is 18.1 Å². The van der Waals surface area contributed by atoms with Gasteiger partial charge in [0.25, 0.3) is 0 Å². The number of fused-ring (bicyclic) bond motifs is 1. The summed E-state index contributed by atoms with van der Waals surface area (Å²) in [6.45, 7) is 0.431. The molecule has 0 aliphatic carbocycles. The summed E-state index contributed by atoms with van der Waals surface area (Å²) < 4.78 is 37.6. The van der Waals surface area contributed by atoms with Crippen molar-refractivity contribution in [3.05, 3.63) is 53.6 Å². The highest BCUT2D eigenvalue weighted by atomic mass is 19.1. The van der Waals surface area contributed by atoms with Gasteiger partial charge < -0.3 is 14.8 Å². The van der Waals surface area contributed by atoms with Crippen LogP contribution in [0.5, 0.6) is 11.5 Å². The number of ether oxygens (including phenoxy) is 2. The molecule has 3 rings (SSSR count). The van der Waals surface area contributed by atoms with Gasteiger partial charge in [-0.3, -0.25) is 0 Å². The molecule has 1 N–H and O–H groups in total. The lowest BCUT2D eigenvalue weighted by molar-refractivity contribution is 0.246. The average molecular weight is 291 g/mol. The second kappa shape index (κ2) is 5.60. The van der Waals surface area contributed by atoms with Crippen LogP contribution in [0, 0.1) is 11.6 Å². The van der Waals surface area contributed by atoms with Gasteiger partial charge >= 0.3 is 0 Å². The van der Waals surface area contributed by atoms with E-state index in [1.54, 1.807) is 18.2 Å². The number of hydrogen-bond donors (Lipinski definition) is 1. The Bertz CT molecular complexity index is 661. The molecule has 0 saturated heterocycles. The van der Waals surface area contributed by atoms with E-state index in [1.807, 2.05) is 0 Å². The van der Waals surface area contributed by atoms with Crippen molar-refractivity contribution < 1.29 is 18.3 Å². The first-order valence-electron chi connectivity index (χ1n) is 6.68. The lowest BCUT2D eigenvalue weighted by Crippen LogP contribution is -2.24. The molecule has 110 valence electrons. The van der Waals surface area contributed by atoms with Crippen LogP contribution in [-0.4, -0.2) is 19.8 Å². The second-order valence-electron chi connectivity index (χ2n) is 4.92. The zero-order chi connectivity index (χ0) is 14.8. The van der Waals surface area contributed by atoms with E-state index < -0.39 is 0 Å². The molecule has 1 unspecified atom stereocenters. The zero-order valence-electron chi connectivity index (χ0n) is 11.5. The molecule has 0 fully saturated rings. The van der Waals surface area contributed by atoms with Gasteiger partial charge in [-0.1, -0.05) is 0 Å². The van der Waals surface area contributed by atoms with E-state index in [9.17, 15) is 8.78 Å². The number of benzene rings is 2. The predicted octanol–water partition coefficient (Wildman–Crippen LogP) is 3.39. The van der Waals surface area contributed by atoms with Crippen molar-refractivity contribution >= 4 is 5.69 Å². The third kappa shape index (κ3) is 2.91. The molecule has 0 radical (unpaired) electrons. The first kappa shape index (κ1) is 13.7. The molecular weight excluding hydrogens is 276 g/mol. The molecule has 1 aliphatic heterocycles. The fraction of sp³-hybridized carbons (Fsp3) is 0.250. The minimum Gasteiger partial charge on any atom is -0.497 e. The van der Waals surface area contributed by atoms with E-state index in [2.05, 4.69) is 5.32 Å². The molecule has 2 aromatic carbocycles. The summed E-state index contributed by atoms with van der Waals surface area (Å²) >= 11 is 0. The fourth-order valence-corrected chi connectivity index (χ4v) is 2.39. The van der Waals surface area contributed by atoms with Crippen molar-refractivity contribution in [2.45, 2.75) is 12.5 Å². The van der Waals surface area contributed by atoms with Crippen LogP contribution < -0.4 is 14.8 Å². The van der Waals surface area contributed by atoms with Crippen molar-refractivity contribution in [3.8, 4) is 11.5 Å². The third-order valence-corrected chi connectivity index (χ3v) is 3.46. The number of anilines is 1. The molecular formula is C16H15F2NO2. The highest BCUT2D eigenvalue weighted by Gasteiger charge is 2.23. The van der Waals surface area contributed by atoms with Gasteiger partial charge in [0.2, 0.25) is 0 Å². The summed E-state index contributed by atoms with van der Waals surface area (Å²) in [5.74, 6) is 0.646. The monoisotopic (exact) mass is 291 g/mol. The highest BCUT2D eigenvalue weighted by Crippen LogP contribution is 2.29. The van der Waals surface area contributed by atoms with E-state index in [0.29, 0.717) is 30.2 Å². The average Bonchev–Trinajstić information content (AvgIpc) is 2.88. The van der Waals surface area contributed by atoms with Crippen LogP contribution in [0.15, 0.2) is 36.4 Å². The first-order chi connectivity index (χ1) is 10.2. The Balaban J connectivity index is 1.65. The molecule has 3 nitrogen and oxygen atoms in total. The molecule has 5 heteroatoms. The Kier molecular flexibility index (Phi) is 3.64. The van der Waals surface area contributed by atoms with Crippen LogP contribution in [0.2, 0.25) is 0 Å². The van der Waals surface area contributed by atoms with Crippen LogP contribution in [0.3, 0.4) is 0 Å². The van der Waals surface area contributed by atoms with Gasteiger partial charge in [-0.2, -0.15) is 0 Å². The summed E-state index contributed by atoms with van der Waals surface area (Å²) in [7, 11) is 1.53. The number of methoxy groups -OCH3 is 1. The highest BCUT2D eigenvalue weighted by molar-refractivity contribution is 5.50. The Morgan fingerprint density at radius 3 is 2.90 bits per heavy atom. The van der Waals surface area contributed by atoms with Crippen molar-refractivity contribution in [2.24, 2.45) is 0 Å². The molecule has 0 bridgehead atoms. The van der Waals surface area contributed by atoms with Crippen LogP contribution in [0.25, 0.3) is 0 Å². The van der Waals surface area contributed by atoms with Gasteiger partial charge in [0.1, 0.15) is 29.2 Å². The van der Waals surface area contributed by atoms with E-state index in [4.69, 9.17) is 9.47 Å². The Morgan fingerprint density at radius 1 is 1.24 bits per heavy atom. The van der Waals surface area contributed by atoms with E-state index in [1.165, 1.54) is 25.3 Å². The van der Waals surface area contributed by atoms with Gasteiger partial charge in [-0.25, -0.2) is 8.78 Å². The standard InChI is InChI=1S/C16H15F2NO2/c1-20-12-3-4-14(18)15(8-12)19-9-13-7-10-6-11(17)2-5-16(10)21-13/h2-6,8,13,19H,7,9H2,1H3. The molecule has 0 amide bonds. The van der Waals surface area contributed by atoms with E-state index >= 15 is 0 Å². The normalized spacial score (nSPS) is 16.2. The van der Waals surface area contributed by atoms with Crippen LogP contribution >= 0.6 is 0 Å². The fourth-order valence-electron chi connectivity index (χ4n) is 2.39. The van der Waals surface area contributed by atoms with E-state index in [-0.39, 0.29) is 17.7 Å². The number of rotatable bonds is 4. The quantitative estimate of drug-likeness (QED) is 0.936. The number of nitrogens with one attached hydrogen (secondary N) is 1. The molecule has 0 spiro atoms. The van der Waals surface area contributed by atoms with Crippen LogP contribution in [0.1, 0.15) is 5.56 Å². The van der Waals surface area contributed by atoms with Gasteiger partial charge in [0.05, 0.1) is 19.3 Å². The third-order valence-electron chi connectivity index (χ3n) is 3.46. The Morgan fingerprint density at radius 2 is 2.10 bits per heavy atom. The van der Waals surface area contributed by atoms with Crippen molar-refractivity contribution in [1.82, 2.24) is 0 Å². The largest absolute Gasteiger partial charge is 0.497 e. The molecule has 1 atom stereocenters. The number of hydrogen-bond acceptors (Lipinski definition) is 3. The molecule has 1 heterocycles. The van der Waals surface area contributed by atoms with E-state index in [0.717, 1.165) is 5.56 Å². The lowest BCUT2D eigenvalue weighted by Gasteiger charge is -2.14. The smallest absolute Gasteiger partial charge is 0.146 e. The summed E-state index contributed by atoms with van der Waals surface area (Å²) in [6, 6.07) is 8.97. The minimum atomic E-state index is -0.350. The Labute approximate surface area is 121 Å². The zero-order valence-corrected chi connectivity index (χ0v) is 11.5. The van der Waals surface area contributed by atoms with Gasteiger partial charge in [-0.05, 0) is 30.3 Å². The first-order valence-corrected chi connectivity index (χ1v) is 6.68. The van der Waals surface area contributed by atoms with Gasteiger partial charge in [-0.15, -0.1) is 0 Å². The summed E-state index contributed by atoms with van der Waals surface area (Å²) in [5, 5.41) is 3.01. The van der Waals surface area contributed by atoms with Crippen LogP contribution in [-0.2, 0) is 6.42 Å². The van der Waals surface area contributed by atoms with Crippen LogP contribution in [0.4, 0.5) is 14.5 Å². The van der Waals surface area contributed by atoms with Crippen molar-refractivity contribution in [2.75, 3.05) is 19.0 Å². The minimum absolute atomic E-state index is 0.146. The van der Waals surface area contributed by atoms with Crippen molar-refractivity contribution in [3.63, 3.8) is 0 Å². The maximum Gasteiger partial charge on any atom is 0.146 e. The summed E-state index contributed by atoms with van der Waals surface area (Å²) in [5.41, 5.74) is 1.20. The molecule has 0 saturated carbocycles. The summed E-state index contributed by atoms with van der Waals surface area (Å²) in [4.78, 5) is 0. The van der Waals surface area contributed by atoms with Crippen molar-refractivity contribution in [1.29, 1.82) is 0 Å². The Hall–Kier alpha value is -2.30.